The van der Waals surface area contributed by atoms with Crippen LogP contribution >= 0.6 is 0 Å². The molecule has 0 aliphatic carbocycles. The summed E-state index contributed by atoms with van der Waals surface area (Å²) in [5.74, 6) is -0.796. The first-order valence-corrected chi connectivity index (χ1v) is 11.6. The van der Waals surface area contributed by atoms with Gasteiger partial charge in [0, 0.05) is 36.4 Å². The van der Waals surface area contributed by atoms with Gasteiger partial charge in [0.15, 0.2) is 0 Å². The first-order valence-electron chi connectivity index (χ1n) is 10.1. The Labute approximate surface area is 182 Å². The lowest BCUT2D eigenvalue weighted by atomic mass is 10.0. The molecule has 0 radical (unpaired) electrons. The van der Waals surface area contributed by atoms with E-state index >= 15 is 0 Å². The van der Waals surface area contributed by atoms with Crippen LogP contribution in [-0.2, 0) is 14.8 Å². The normalized spacial score (nSPS) is 15.5. The lowest BCUT2D eigenvalue weighted by Crippen LogP contribution is -2.55. The minimum Gasteiger partial charge on any atom is -0.379 e. The smallest absolute Gasteiger partial charge is 0.261 e. The van der Waals surface area contributed by atoms with Crippen LogP contribution in [0.2, 0.25) is 0 Å². The fourth-order valence-electron chi connectivity index (χ4n) is 3.42. The molecule has 0 bridgehead atoms. The maximum absolute atomic E-state index is 13.1. The summed E-state index contributed by atoms with van der Waals surface area (Å²) >= 11 is 0. The largest absolute Gasteiger partial charge is 0.379 e. The zero-order valence-electron chi connectivity index (χ0n) is 17.9. The van der Waals surface area contributed by atoms with Crippen LogP contribution in [0.3, 0.4) is 0 Å². The molecule has 0 unspecified atom stereocenters. The second-order valence-electron chi connectivity index (χ2n) is 8.18. The molecule has 0 atom stereocenters. The van der Waals surface area contributed by atoms with Gasteiger partial charge < -0.3 is 10.1 Å². The molecule has 9 heteroatoms. The van der Waals surface area contributed by atoms with Gasteiger partial charge in [-0.25, -0.2) is 12.8 Å². The van der Waals surface area contributed by atoms with Crippen LogP contribution in [-0.4, -0.2) is 57.6 Å². The van der Waals surface area contributed by atoms with Gasteiger partial charge in [-0.05, 0) is 62.7 Å². The van der Waals surface area contributed by atoms with Gasteiger partial charge >= 0.3 is 0 Å². The zero-order valence-corrected chi connectivity index (χ0v) is 18.8. The number of hydrogen-bond donors (Lipinski definition) is 2. The quantitative estimate of drug-likeness (QED) is 0.679. The number of halogens is 1. The van der Waals surface area contributed by atoms with E-state index in [1.165, 1.54) is 36.4 Å². The standard InChI is InChI=1S/C22H28FN3O4S/c1-16-4-9-19(31(28,29)25-18-7-5-17(23)6-8-18)14-20(16)21(27)24-15-22(2,3)26-10-12-30-13-11-26/h4-9,14,25H,10-13,15H2,1-3H3,(H,24,27). The van der Waals surface area contributed by atoms with Crippen LogP contribution in [0.1, 0.15) is 29.8 Å². The van der Waals surface area contributed by atoms with Crippen molar-refractivity contribution in [2.45, 2.75) is 31.2 Å². The van der Waals surface area contributed by atoms with Crippen molar-refractivity contribution in [2.75, 3.05) is 37.6 Å². The van der Waals surface area contributed by atoms with Crippen molar-refractivity contribution in [3.05, 3.63) is 59.4 Å². The highest BCUT2D eigenvalue weighted by molar-refractivity contribution is 7.92. The molecule has 2 N–H and O–H groups in total. The molecule has 1 fully saturated rings. The molecule has 1 aliphatic heterocycles. The number of amides is 1. The van der Waals surface area contributed by atoms with E-state index < -0.39 is 15.8 Å². The summed E-state index contributed by atoms with van der Waals surface area (Å²) in [6, 6.07) is 9.41. The molecule has 1 saturated heterocycles. The summed E-state index contributed by atoms with van der Waals surface area (Å²) in [6.07, 6.45) is 0. The van der Waals surface area contributed by atoms with Gasteiger partial charge in [0.2, 0.25) is 0 Å². The second-order valence-corrected chi connectivity index (χ2v) is 9.87. The highest BCUT2D eigenvalue weighted by Gasteiger charge is 2.29. The molecule has 31 heavy (non-hydrogen) atoms. The van der Waals surface area contributed by atoms with Crippen LogP contribution in [0, 0.1) is 12.7 Å². The molecule has 2 aromatic carbocycles. The first-order chi connectivity index (χ1) is 14.6. The SMILES string of the molecule is Cc1ccc(S(=O)(=O)Nc2ccc(F)cc2)cc1C(=O)NCC(C)(C)N1CCOCC1. The van der Waals surface area contributed by atoms with E-state index in [1.54, 1.807) is 13.0 Å². The number of carbonyl (C=O) groups excluding carboxylic acids is 1. The molecular formula is C22H28FN3O4S. The van der Waals surface area contributed by atoms with E-state index in [9.17, 15) is 17.6 Å². The average Bonchev–Trinajstić information content (AvgIpc) is 2.74. The Bertz CT molecular complexity index is 1030. The van der Waals surface area contributed by atoms with Gasteiger partial charge in [0.25, 0.3) is 15.9 Å². The predicted molar refractivity (Wildman–Crippen MR) is 117 cm³/mol. The number of nitrogens with one attached hydrogen (secondary N) is 2. The van der Waals surface area contributed by atoms with Crippen molar-refractivity contribution in [1.29, 1.82) is 0 Å². The van der Waals surface area contributed by atoms with Gasteiger partial charge in [-0.15, -0.1) is 0 Å². The number of ether oxygens (including phenoxy) is 1. The lowest BCUT2D eigenvalue weighted by Gasteiger charge is -2.40. The van der Waals surface area contributed by atoms with E-state index in [-0.39, 0.29) is 22.0 Å². The molecule has 7 nitrogen and oxygen atoms in total. The maximum atomic E-state index is 13.1. The molecular weight excluding hydrogens is 421 g/mol. The Morgan fingerprint density at radius 1 is 1.13 bits per heavy atom. The third kappa shape index (κ3) is 5.81. The molecule has 2 aromatic rings. The van der Waals surface area contributed by atoms with Gasteiger partial charge in [0.1, 0.15) is 5.82 Å². The Morgan fingerprint density at radius 2 is 1.77 bits per heavy atom. The Kier molecular flexibility index (Phi) is 6.98. The van der Waals surface area contributed by atoms with Gasteiger partial charge in [-0.2, -0.15) is 0 Å². The Morgan fingerprint density at radius 3 is 2.42 bits per heavy atom. The summed E-state index contributed by atoms with van der Waals surface area (Å²) in [7, 11) is -3.93. The van der Waals surface area contributed by atoms with Crippen LogP contribution in [0.4, 0.5) is 10.1 Å². The van der Waals surface area contributed by atoms with E-state index in [0.717, 1.165) is 13.1 Å². The van der Waals surface area contributed by atoms with Gasteiger partial charge in [0.05, 0.1) is 18.1 Å². The molecule has 1 aliphatic rings. The highest BCUT2D eigenvalue weighted by atomic mass is 32.2. The summed E-state index contributed by atoms with van der Waals surface area (Å²) in [5, 5.41) is 2.93. The number of hydrogen-bond acceptors (Lipinski definition) is 5. The van der Waals surface area contributed by atoms with Crippen molar-refractivity contribution >= 4 is 21.6 Å². The van der Waals surface area contributed by atoms with Crippen molar-refractivity contribution in [1.82, 2.24) is 10.2 Å². The molecule has 0 spiro atoms. The molecule has 1 amide bonds. The fourth-order valence-corrected chi connectivity index (χ4v) is 4.50. The molecule has 0 aromatic heterocycles. The van der Waals surface area contributed by atoms with Crippen molar-refractivity contribution in [3.63, 3.8) is 0 Å². The minimum absolute atomic E-state index is 0.0417. The van der Waals surface area contributed by atoms with Crippen LogP contribution in [0.5, 0.6) is 0 Å². The number of benzene rings is 2. The molecule has 1 heterocycles. The monoisotopic (exact) mass is 449 g/mol. The summed E-state index contributed by atoms with van der Waals surface area (Å²) in [4.78, 5) is 15.1. The van der Waals surface area contributed by atoms with E-state index in [0.29, 0.717) is 30.9 Å². The highest BCUT2D eigenvalue weighted by Crippen LogP contribution is 2.20. The maximum Gasteiger partial charge on any atom is 0.261 e. The first kappa shape index (κ1) is 23.2. The number of morpholine rings is 1. The fraction of sp³-hybridized carbons (Fsp3) is 0.409. The van der Waals surface area contributed by atoms with Crippen LogP contribution in [0.15, 0.2) is 47.4 Å². The molecule has 168 valence electrons. The summed E-state index contributed by atoms with van der Waals surface area (Å²) < 4.78 is 46.3. The second kappa shape index (κ2) is 9.33. The van der Waals surface area contributed by atoms with Gasteiger partial charge in [-0.1, -0.05) is 6.07 Å². The topological polar surface area (TPSA) is 87.7 Å². The zero-order chi connectivity index (χ0) is 22.6. The van der Waals surface area contributed by atoms with Crippen LogP contribution < -0.4 is 10.0 Å². The average molecular weight is 450 g/mol. The van der Waals surface area contributed by atoms with E-state index in [1.807, 2.05) is 0 Å². The number of sulfonamides is 1. The van der Waals surface area contributed by atoms with Gasteiger partial charge in [-0.3, -0.25) is 14.4 Å². The number of nitrogens with zero attached hydrogens (tertiary/aromatic N) is 1. The van der Waals surface area contributed by atoms with Crippen molar-refractivity contribution < 1.29 is 22.3 Å². The minimum atomic E-state index is -3.93. The predicted octanol–water partition coefficient (Wildman–Crippen LogP) is 2.78. The summed E-state index contributed by atoms with van der Waals surface area (Å²) in [6.45, 7) is 9.20. The number of anilines is 1. The molecule has 3 rings (SSSR count). The molecule has 0 saturated carbocycles. The van der Waals surface area contributed by atoms with E-state index in [4.69, 9.17) is 4.74 Å². The van der Waals surface area contributed by atoms with E-state index in [2.05, 4.69) is 28.8 Å². The third-order valence-electron chi connectivity index (χ3n) is 5.41. The van der Waals surface area contributed by atoms with Crippen molar-refractivity contribution in [3.8, 4) is 0 Å². The Hall–Kier alpha value is -2.49. The van der Waals surface area contributed by atoms with Crippen LogP contribution in [0.25, 0.3) is 0 Å². The number of rotatable bonds is 7. The number of aryl methyl sites for hydroxylation is 1. The summed E-state index contributed by atoms with van der Waals surface area (Å²) in [5.41, 5.74) is 0.934. The Balaban J connectivity index is 1.73. The third-order valence-corrected chi connectivity index (χ3v) is 6.79. The number of carbonyl (C=O) groups is 1. The lowest BCUT2D eigenvalue weighted by molar-refractivity contribution is -0.00923. The van der Waals surface area contributed by atoms with Crippen molar-refractivity contribution in [2.24, 2.45) is 0 Å².